The van der Waals surface area contributed by atoms with Crippen molar-refractivity contribution >= 4 is 50.7 Å². The van der Waals surface area contributed by atoms with Crippen LogP contribution in [0.3, 0.4) is 0 Å². The second-order valence-electron chi connectivity index (χ2n) is 9.34. The maximum atomic E-state index is 14.0. The lowest BCUT2D eigenvalue weighted by Crippen LogP contribution is -2.51. The van der Waals surface area contributed by atoms with E-state index >= 15 is 0 Å². The molecule has 2 amide bonds. The highest BCUT2D eigenvalue weighted by atomic mass is 35.5. The average molecular weight is 591 g/mol. The first-order chi connectivity index (χ1) is 18.4. The van der Waals surface area contributed by atoms with Crippen LogP contribution in [0.25, 0.3) is 0 Å². The molecule has 3 rings (SSSR count). The van der Waals surface area contributed by atoms with Crippen molar-refractivity contribution in [2.75, 3.05) is 17.4 Å². The largest absolute Gasteiger partial charge is 0.355 e. The van der Waals surface area contributed by atoms with E-state index in [1.165, 1.54) is 17.0 Å². The Hall–Kier alpha value is -3.07. The Morgan fingerprint density at radius 2 is 1.51 bits per heavy atom. The maximum absolute atomic E-state index is 14.0. The molecule has 0 fully saturated rings. The summed E-state index contributed by atoms with van der Waals surface area (Å²) in [6.45, 7) is 8.67. The van der Waals surface area contributed by atoms with Crippen LogP contribution in [0.15, 0.2) is 65.6 Å². The van der Waals surface area contributed by atoms with Gasteiger partial charge in [0.25, 0.3) is 10.0 Å². The van der Waals surface area contributed by atoms with E-state index in [-0.39, 0.29) is 17.3 Å². The lowest BCUT2D eigenvalue weighted by Gasteiger charge is -2.33. The molecule has 3 aromatic rings. The van der Waals surface area contributed by atoms with Crippen LogP contribution < -0.4 is 9.62 Å². The summed E-state index contributed by atoms with van der Waals surface area (Å²) in [5, 5.41) is 3.40. The topological polar surface area (TPSA) is 86.8 Å². The van der Waals surface area contributed by atoms with Crippen LogP contribution in [-0.4, -0.2) is 44.3 Å². The van der Waals surface area contributed by atoms with E-state index in [0.29, 0.717) is 27.8 Å². The van der Waals surface area contributed by atoms with Gasteiger partial charge < -0.3 is 10.2 Å². The highest BCUT2D eigenvalue weighted by Crippen LogP contribution is 2.30. The SMILES string of the molecule is CCNC(=O)[C@@H](C)N(Cc1c(Cl)cccc1Cl)C(=O)CN(c1cccc(C)c1C)S(=O)(=O)c1ccc(C)cc1. The number of hydrogen-bond donors (Lipinski definition) is 1. The van der Waals surface area contributed by atoms with Gasteiger partial charge in [0.15, 0.2) is 0 Å². The number of hydrogen-bond acceptors (Lipinski definition) is 4. The highest BCUT2D eigenvalue weighted by Gasteiger charge is 2.33. The zero-order valence-corrected chi connectivity index (χ0v) is 25.0. The number of amides is 2. The molecule has 7 nitrogen and oxygen atoms in total. The van der Waals surface area contributed by atoms with Gasteiger partial charge >= 0.3 is 0 Å². The molecule has 1 N–H and O–H groups in total. The Kier molecular flexibility index (Phi) is 10.0. The molecule has 0 radical (unpaired) electrons. The fraction of sp³-hybridized carbons (Fsp3) is 0.310. The molecule has 0 bridgehead atoms. The van der Waals surface area contributed by atoms with Gasteiger partial charge in [-0.2, -0.15) is 0 Å². The summed E-state index contributed by atoms with van der Waals surface area (Å²) in [6, 6.07) is 15.8. The van der Waals surface area contributed by atoms with E-state index in [0.717, 1.165) is 21.0 Å². The molecule has 39 heavy (non-hydrogen) atoms. The Morgan fingerprint density at radius 1 is 0.923 bits per heavy atom. The molecule has 0 aliphatic heterocycles. The molecular formula is C29H33Cl2N3O4S. The van der Waals surface area contributed by atoms with Crippen molar-refractivity contribution < 1.29 is 18.0 Å². The quantitative estimate of drug-likeness (QED) is 0.330. The minimum Gasteiger partial charge on any atom is -0.355 e. The molecule has 0 saturated heterocycles. The van der Waals surface area contributed by atoms with Gasteiger partial charge in [-0.25, -0.2) is 8.42 Å². The average Bonchev–Trinajstić information content (AvgIpc) is 2.89. The van der Waals surface area contributed by atoms with Gasteiger partial charge in [-0.1, -0.05) is 59.1 Å². The molecule has 0 unspecified atom stereocenters. The zero-order valence-electron chi connectivity index (χ0n) is 22.7. The molecule has 0 saturated carbocycles. The molecule has 1 atom stereocenters. The summed E-state index contributed by atoms with van der Waals surface area (Å²) >= 11 is 12.8. The van der Waals surface area contributed by atoms with Crippen LogP contribution >= 0.6 is 23.2 Å². The van der Waals surface area contributed by atoms with Crippen molar-refractivity contribution in [2.45, 2.75) is 52.1 Å². The Morgan fingerprint density at radius 3 is 2.10 bits per heavy atom. The lowest BCUT2D eigenvalue weighted by molar-refractivity contribution is -0.139. The smallest absolute Gasteiger partial charge is 0.264 e. The normalized spacial score (nSPS) is 12.1. The number of likely N-dealkylation sites (N-methyl/N-ethyl adjacent to an activating group) is 1. The molecule has 0 aliphatic rings. The number of halogens is 2. The Bertz CT molecular complexity index is 1440. The summed E-state index contributed by atoms with van der Waals surface area (Å²) in [5.41, 5.74) is 3.34. The molecule has 10 heteroatoms. The number of nitrogens with zero attached hydrogens (tertiary/aromatic N) is 2. The predicted molar refractivity (Wildman–Crippen MR) is 157 cm³/mol. The van der Waals surface area contributed by atoms with Crippen molar-refractivity contribution in [3.8, 4) is 0 Å². The maximum Gasteiger partial charge on any atom is 0.264 e. The van der Waals surface area contributed by atoms with Crippen LogP contribution in [0.1, 0.15) is 36.1 Å². The molecular weight excluding hydrogens is 557 g/mol. The van der Waals surface area contributed by atoms with Gasteiger partial charge in [0.05, 0.1) is 10.6 Å². The van der Waals surface area contributed by atoms with E-state index in [9.17, 15) is 18.0 Å². The number of aryl methyl sites for hydroxylation is 2. The summed E-state index contributed by atoms with van der Waals surface area (Å²) in [4.78, 5) is 28.2. The number of anilines is 1. The second kappa shape index (κ2) is 12.9. The van der Waals surface area contributed by atoms with Crippen molar-refractivity contribution in [3.05, 3.63) is 93.0 Å². The van der Waals surface area contributed by atoms with Crippen LogP contribution in [0.2, 0.25) is 10.0 Å². The van der Waals surface area contributed by atoms with Gasteiger partial charge in [-0.3, -0.25) is 13.9 Å². The van der Waals surface area contributed by atoms with E-state index in [2.05, 4.69) is 5.32 Å². The molecule has 3 aromatic carbocycles. The lowest BCUT2D eigenvalue weighted by atomic mass is 10.1. The van der Waals surface area contributed by atoms with Gasteiger partial charge in [-0.05, 0) is 76.1 Å². The van der Waals surface area contributed by atoms with Crippen LogP contribution in [0.5, 0.6) is 0 Å². The third-order valence-corrected chi connectivity index (χ3v) is 9.12. The number of benzene rings is 3. The number of carbonyl (C=O) groups is 2. The molecule has 0 aliphatic carbocycles. The highest BCUT2D eigenvalue weighted by molar-refractivity contribution is 7.92. The van der Waals surface area contributed by atoms with Gasteiger partial charge in [-0.15, -0.1) is 0 Å². The molecule has 0 spiro atoms. The molecule has 208 valence electrons. The van der Waals surface area contributed by atoms with Gasteiger partial charge in [0, 0.05) is 28.7 Å². The van der Waals surface area contributed by atoms with E-state index < -0.39 is 28.5 Å². The second-order valence-corrected chi connectivity index (χ2v) is 12.0. The Balaban J connectivity index is 2.11. The minimum absolute atomic E-state index is 0.0549. The van der Waals surface area contributed by atoms with Crippen LogP contribution in [0.4, 0.5) is 5.69 Å². The Labute approximate surface area is 240 Å². The molecule has 0 heterocycles. The third-order valence-electron chi connectivity index (χ3n) is 6.64. The molecule has 0 aromatic heterocycles. The summed E-state index contributed by atoms with van der Waals surface area (Å²) < 4.78 is 29.0. The number of nitrogens with one attached hydrogen (secondary N) is 1. The van der Waals surface area contributed by atoms with Gasteiger partial charge in [0.2, 0.25) is 11.8 Å². The summed E-state index contributed by atoms with van der Waals surface area (Å²) in [5.74, 6) is -0.963. The minimum atomic E-state index is -4.15. The van der Waals surface area contributed by atoms with E-state index in [1.807, 2.05) is 26.8 Å². The van der Waals surface area contributed by atoms with Crippen molar-refractivity contribution in [1.82, 2.24) is 10.2 Å². The van der Waals surface area contributed by atoms with Gasteiger partial charge in [0.1, 0.15) is 12.6 Å². The van der Waals surface area contributed by atoms with Crippen molar-refractivity contribution in [3.63, 3.8) is 0 Å². The first-order valence-corrected chi connectivity index (χ1v) is 14.7. The summed E-state index contributed by atoms with van der Waals surface area (Å²) in [7, 11) is -4.15. The number of rotatable bonds is 10. The third kappa shape index (κ3) is 6.93. The zero-order chi connectivity index (χ0) is 28.9. The van der Waals surface area contributed by atoms with Crippen molar-refractivity contribution in [2.24, 2.45) is 0 Å². The standard InChI is InChI=1S/C29H33Cl2N3O4S/c1-6-32-29(36)22(5)33(17-24-25(30)10-8-11-26(24)31)28(35)18-34(27-12-7-9-20(3)21(27)4)39(37,38)23-15-13-19(2)14-16-23/h7-16,22H,6,17-18H2,1-5H3,(H,32,36)/t22-/m1/s1. The number of carbonyl (C=O) groups excluding carboxylic acids is 2. The fourth-order valence-electron chi connectivity index (χ4n) is 4.11. The number of sulfonamides is 1. The fourth-order valence-corrected chi connectivity index (χ4v) is 6.10. The first-order valence-electron chi connectivity index (χ1n) is 12.5. The summed E-state index contributed by atoms with van der Waals surface area (Å²) in [6.07, 6.45) is 0. The van der Waals surface area contributed by atoms with Crippen LogP contribution in [0, 0.1) is 20.8 Å². The van der Waals surface area contributed by atoms with E-state index in [1.54, 1.807) is 56.3 Å². The monoisotopic (exact) mass is 589 g/mol. The van der Waals surface area contributed by atoms with Crippen LogP contribution in [-0.2, 0) is 26.2 Å². The van der Waals surface area contributed by atoms with E-state index in [4.69, 9.17) is 23.2 Å². The first kappa shape index (κ1) is 30.5. The van der Waals surface area contributed by atoms with Crippen molar-refractivity contribution in [1.29, 1.82) is 0 Å². The predicted octanol–water partition coefficient (Wildman–Crippen LogP) is 5.67.